The van der Waals surface area contributed by atoms with Crippen LogP contribution in [0.1, 0.15) is 37.5 Å². The van der Waals surface area contributed by atoms with Gasteiger partial charge in [-0.05, 0) is 35.4 Å². The highest BCUT2D eigenvalue weighted by atomic mass is 32.2. The third-order valence-corrected chi connectivity index (χ3v) is 9.69. The second-order valence-corrected chi connectivity index (χ2v) is 13.1. The van der Waals surface area contributed by atoms with Crippen molar-refractivity contribution in [2.45, 2.75) is 39.2 Å². The number of hydrogen-bond acceptors (Lipinski definition) is 7. The molecule has 3 atom stereocenters. The Morgan fingerprint density at radius 1 is 0.978 bits per heavy atom. The summed E-state index contributed by atoms with van der Waals surface area (Å²) >= 11 is 1.41. The number of ketones is 2. The van der Waals surface area contributed by atoms with Crippen LogP contribution in [-0.2, 0) is 27.5 Å². The number of nitrogens with zero attached hydrogens (tertiary/aromatic N) is 2. The average Bonchev–Trinajstić information content (AvgIpc) is 3.45. The predicted octanol–water partition coefficient (Wildman–Crippen LogP) is 6.22. The van der Waals surface area contributed by atoms with Crippen molar-refractivity contribution in [1.29, 1.82) is 0 Å². The number of halogens is 2. The molecule has 0 radical (unpaired) electrons. The number of aliphatic hydroxyl groups excluding tert-OH is 1. The van der Waals surface area contributed by atoms with Gasteiger partial charge in [-0.15, -0.1) is 0 Å². The molecule has 46 heavy (non-hydrogen) atoms. The molecule has 5 rings (SSSR count). The number of nitrogens with one attached hydrogen (secondary N) is 1. The van der Waals surface area contributed by atoms with Gasteiger partial charge in [0.2, 0.25) is 5.91 Å². The van der Waals surface area contributed by atoms with Gasteiger partial charge in [0, 0.05) is 54.1 Å². The zero-order chi connectivity index (χ0) is 33.1. The molecular formula is C36H37F2N3O4S. The molecule has 0 fully saturated rings. The molecule has 3 aromatic carbocycles. The van der Waals surface area contributed by atoms with Crippen LogP contribution in [0.3, 0.4) is 0 Å². The first kappa shape index (κ1) is 33.1. The highest BCUT2D eigenvalue weighted by molar-refractivity contribution is 8.09. The number of hydrogen-bond donors (Lipinski definition) is 2. The van der Waals surface area contributed by atoms with Crippen LogP contribution in [0.25, 0.3) is 4.91 Å². The van der Waals surface area contributed by atoms with Gasteiger partial charge >= 0.3 is 0 Å². The van der Waals surface area contributed by atoms with E-state index in [1.54, 1.807) is 37.8 Å². The van der Waals surface area contributed by atoms with Crippen LogP contribution in [0.5, 0.6) is 0 Å². The molecule has 0 bridgehead atoms. The van der Waals surface area contributed by atoms with Gasteiger partial charge in [-0.1, -0.05) is 81.1 Å². The van der Waals surface area contributed by atoms with Gasteiger partial charge in [-0.3, -0.25) is 14.4 Å². The molecule has 0 aliphatic carbocycles. The van der Waals surface area contributed by atoms with E-state index in [1.165, 1.54) is 36.2 Å². The van der Waals surface area contributed by atoms with Gasteiger partial charge in [-0.2, -0.15) is 0 Å². The monoisotopic (exact) mass is 645 g/mol. The second-order valence-electron chi connectivity index (χ2n) is 12.0. The summed E-state index contributed by atoms with van der Waals surface area (Å²) in [5.41, 5.74) is 2.92. The van der Waals surface area contributed by atoms with E-state index in [0.29, 0.717) is 17.9 Å². The van der Waals surface area contributed by atoms with E-state index in [2.05, 4.69) is 5.32 Å². The molecule has 10 heteroatoms. The zero-order valence-corrected chi connectivity index (χ0v) is 27.0. The number of benzene rings is 3. The molecule has 0 saturated heterocycles. The maximum Gasteiger partial charge on any atom is 0.229 e. The Labute approximate surface area is 272 Å². The van der Waals surface area contributed by atoms with Gasteiger partial charge in [0.1, 0.15) is 11.6 Å². The molecular weight excluding hydrogens is 608 g/mol. The van der Waals surface area contributed by atoms with Crippen molar-refractivity contribution in [3.63, 3.8) is 0 Å². The summed E-state index contributed by atoms with van der Waals surface area (Å²) in [5, 5.41) is 11.6. The van der Waals surface area contributed by atoms with E-state index < -0.39 is 34.8 Å². The number of aliphatic hydroxyl groups is 1. The fraction of sp³-hybridized carbons (Fsp3) is 0.306. The minimum Gasteiger partial charge on any atom is -0.396 e. The Balaban J connectivity index is 1.60. The molecule has 3 unspecified atom stereocenters. The van der Waals surface area contributed by atoms with E-state index in [-0.39, 0.29) is 41.8 Å². The van der Waals surface area contributed by atoms with Crippen LogP contribution >= 0.6 is 11.8 Å². The van der Waals surface area contributed by atoms with Crippen LogP contribution < -0.4 is 5.32 Å². The Kier molecular flexibility index (Phi) is 10.1. The molecule has 2 N–H and O–H groups in total. The first-order valence-electron chi connectivity index (χ1n) is 15.2. The SMILES string of the molecule is CC(C)C(=O)C1=CN(Cc2c(F)cccc2F)C2SC(c3ccc(NC(=O)C(C)CO)cc3)=C(N(C)Cc3ccccc3)C2C1=O. The third-order valence-electron chi connectivity index (χ3n) is 8.22. The van der Waals surface area contributed by atoms with Crippen LogP contribution in [0.4, 0.5) is 14.5 Å². The Morgan fingerprint density at radius 2 is 1.63 bits per heavy atom. The van der Waals surface area contributed by atoms with E-state index >= 15 is 0 Å². The third kappa shape index (κ3) is 6.78. The average molecular weight is 646 g/mol. The topological polar surface area (TPSA) is 89.9 Å². The lowest BCUT2D eigenvalue weighted by molar-refractivity contribution is -0.126. The molecule has 2 aliphatic heterocycles. The van der Waals surface area contributed by atoms with E-state index in [1.807, 2.05) is 54.4 Å². The summed E-state index contributed by atoms with van der Waals surface area (Å²) < 4.78 is 29.8. The highest BCUT2D eigenvalue weighted by Gasteiger charge is 2.49. The minimum absolute atomic E-state index is 0.0107. The predicted molar refractivity (Wildman–Crippen MR) is 176 cm³/mol. The number of thioether (sulfide) groups is 1. The maximum absolute atomic E-state index is 14.9. The number of carbonyl (C=O) groups is 3. The van der Waals surface area contributed by atoms with Crippen molar-refractivity contribution in [2.24, 2.45) is 17.8 Å². The summed E-state index contributed by atoms with van der Waals surface area (Å²) in [4.78, 5) is 44.5. The first-order valence-corrected chi connectivity index (χ1v) is 16.0. The largest absolute Gasteiger partial charge is 0.396 e. The highest BCUT2D eigenvalue weighted by Crippen LogP contribution is 2.53. The number of fused-ring (bicyclic) bond motifs is 1. The zero-order valence-electron chi connectivity index (χ0n) is 26.2. The lowest BCUT2D eigenvalue weighted by Crippen LogP contribution is -2.45. The number of anilines is 1. The molecule has 240 valence electrons. The van der Waals surface area contributed by atoms with Gasteiger partial charge in [0.05, 0.1) is 29.4 Å². The van der Waals surface area contributed by atoms with Gasteiger partial charge < -0.3 is 20.2 Å². The van der Waals surface area contributed by atoms with E-state index in [0.717, 1.165) is 16.0 Å². The normalized spacial score (nSPS) is 18.4. The molecule has 0 spiro atoms. The summed E-state index contributed by atoms with van der Waals surface area (Å²) in [6.07, 6.45) is 1.48. The number of rotatable bonds is 11. The molecule has 1 amide bonds. The maximum atomic E-state index is 14.9. The van der Waals surface area contributed by atoms with Gasteiger partial charge in [-0.25, -0.2) is 8.78 Å². The Morgan fingerprint density at radius 3 is 2.24 bits per heavy atom. The molecule has 2 aliphatic rings. The number of carbonyl (C=O) groups excluding carboxylic acids is 3. The summed E-state index contributed by atoms with van der Waals surface area (Å²) in [7, 11) is 1.90. The lowest BCUT2D eigenvalue weighted by Gasteiger charge is -2.38. The van der Waals surface area contributed by atoms with Crippen LogP contribution in [0, 0.1) is 29.4 Å². The van der Waals surface area contributed by atoms with Crippen molar-refractivity contribution >= 4 is 39.8 Å². The van der Waals surface area contributed by atoms with Crippen LogP contribution in [0.2, 0.25) is 0 Å². The smallest absolute Gasteiger partial charge is 0.229 e. The fourth-order valence-electron chi connectivity index (χ4n) is 5.63. The summed E-state index contributed by atoms with van der Waals surface area (Å²) in [6, 6.07) is 20.7. The second kappa shape index (κ2) is 14.0. The first-order chi connectivity index (χ1) is 22.0. The summed E-state index contributed by atoms with van der Waals surface area (Å²) in [5.74, 6) is -4.20. The van der Waals surface area contributed by atoms with Crippen molar-refractivity contribution in [2.75, 3.05) is 19.0 Å². The van der Waals surface area contributed by atoms with Crippen LogP contribution in [0.15, 0.2) is 90.3 Å². The van der Waals surface area contributed by atoms with Gasteiger partial charge in [0.15, 0.2) is 11.6 Å². The van der Waals surface area contributed by atoms with E-state index in [9.17, 15) is 28.3 Å². The quantitative estimate of drug-likeness (QED) is 0.240. The van der Waals surface area contributed by atoms with Crippen LogP contribution in [-0.4, -0.2) is 51.4 Å². The Hall–Kier alpha value is -4.28. The number of amides is 1. The molecule has 3 aromatic rings. The lowest BCUT2D eigenvalue weighted by atomic mass is 9.85. The van der Waals surface area contributed by atoms with Crippen molar-refractivity contribution in [1.82, 2.24) is 9.80 Å². The number of Topliss-reactive ketones (excluding diaryl/α,β-unsaturated/α-hetero) is 2. The summed E-state index contributed by atoms with van der Waals surface area (Å²) in [6.45, 7) is 5.09. The van der Waals surface area contributed by atoms with E-state index in [4.69, 9.17) is 0 Å². The Bertz CT molecular complexity index is 1670. The molecule has 2 heterocycles. The van der Waals surface area contributed by atoms with Gasteiger partial charge in [0.25, 0.3) is 0 Å². The minimum atomic E-state index is -0.795. The number of allylic oxidation sites excluding steroid dienone is 1. The standard InChI is InChI=1S/C36H37F2N3O4S/c1-21(2)32(43)27-19-41(18-26-28(37)11-8-12-29(26)38)36-30(33(27)44)31(40(4)17-23-9-6-5-7-10-23)34(46-36)24-13-15-25(16-14-24)39-35(45)22(3)20-42/h5-16,19,21-22,30,36,42H,17-18,20H2,1-4H3,(H,39,45). The fourth-order valence-corrected chi connectivity index (χ4v) is 7.21. The molecule has 0 saturated carbocycles. The van der Waals surface area contributed by atoms with Crippen molar-refractivity contribution in [3.8, 4) is 0 Å². The van der Waals surface area contributed by atoms with Crippen molar-refractivity contribution in [3.05, 3.63) is 119 Å². The molecule has 7 nitrogen and oxygen atoms in total. The van der Waals surface area contributed by atoms with Crippen molar-refractivity contribution < 1.29 is 28.3 Å². The molecule has 0 aromatic heterocycles.